The number of ether oxygens (including phenoxy) is 3. The summed E-state index contributed by atoms with van der Waals surface area (Å²) in [6, 6.07) is 6.79. The van der Waals surface area contributed by atoms with Gasteiger partial charge in [-0.15, -0.1) is 11.3 Å². The molecular weight excluding hydrogens is 366 g/mol. The molecule has 0 unspecified atom stereocenters. The van der Waals surface area contributed by atoms with Crippen LogP contribution in [0, 0.1) is 0 Å². The Kier molecular flexibility index (Phi) is 4.87. The molecule has 8 heteroatoms. The van der Waals surface area contributed by atoms with Crippen molar-refractivity contribution in [2.75, 3.05) is 7.11 Å². The van der Waals surface area contributed by atoms with E-state index in [1.165, 1.54) is 31.4 Å². The summed E-state index contributed by atoms with van der Waals surface area (Å²) in [7, 11) is 1.42. The minimum Gasteiger partial charge on any atom is -0.493 e. The third kappa shape index (κ3) is 3.72. The molecular formula is C17H12ClNO5S. The van der Waals surface area contributed by atoms with Crippen LogP contribution in [-0.4, -0.2) is 24.9 Å². The van der Waals surface area contributed by atoms with Crippen LogP contribution in [0.2, 0.25) is 5.02 Å². The molecule has 1 aromatic heterocycles. The van der Waals surface area contributed by atoms with Crippen LogP contribution in [0.4, 0.5) is 0 Å². The van der Waals surface area contributed by atoms with Gasteiger partial charge < -0.3 is 14.2 Å². The number of cyclic esters (lactones) is 1. The van der Waals surface area contributed by atoms with Crippen molar-refractivity contribution in [3.63, 3.8) is 0 Å². The van der Waals surface area contributed by atoms with E-state index in [4.69, 9.17) is 25.8 Å². The first kappa shape index (κ1) is 17.2. The normalized spacial score (nSPS) is 15.1. The van der Waals surface area contributed by atoms with Crippen LogP contribution in [0.25, 0.3) is 6.08 Å². The van der Waals surface area contributed by atoms with E-state index in [1.807, 2.05) is 17.5 Å². The number of aliphatic imine (C=N–C) groups is 1. The third-order valence-corrected chi connectivity index (χ3v) is 4.29. The van der Waals surface area contributed by atoms with E-state index in [2.05, 4.69) is 4.99 Å². The lowest BCUT2D eigenvalue weighted by molar-refractivity contribution is -0.132. The number of benzene rings is 1. The predicted octanol–water partition coefficient (Wildman–Crippen LogP) is 3.68. The highest BCUT2D eigenvalue weighted by Crippen LogP contribution is 2.37. The quantitative estimate of drug-likeness (QED) is 0.461. The summed E-state index contributed by atoms with van der Waals surface area (Å²) in [5.74, 6) is -0.418. The molecule has 0 saturated carbocycles. The fourth-order valence-corrected chi connectivity index (χ4v) is 3.05. The first-order chi connectivity index (χ1) is 12.0. The SMILES string of the molecule is COc1cc(C=C2N=C(c3cccs3)OC2=O)cc(Cl)c1OC(C)=O. The molecule has 0 amide bonds. The Labute approximate surface area is 152 Å². The lowest BCUT2D eigenvalue weighted by atomic mass is 10.1. The fourth-order valence-electron chi connectivity index (χ4n) is 2.14. The maximum Gasteiger partial charge on any atom is 0.363 e. The maximum atomic E-state index is 12.0. The topological polar surface area (TPSA) is 74.2 Å². The van der Waals surface area contributed by atoms with Crippen LogP contribution in [0.5, 0.6) is 11.5 Å². The Hall–Kier alpha value is -2.64. The standard InChI is InChI=1S/C17H12ClNO5S/c1-9(20)23-15-11(18)6-10(8-13(15)22-2)7-12-17(21)24-16(19-12)14-4-3-5-25-14/h3-8H,1-2H3. The Morgan fingerprint density at radius 1 is 1.40 bits per heavy atom. The van der Waals surface area contributed by atoms with Gasteiger partial charge in [-0.25, -0.2) is 9.79 Å². The van der Waals surface area contributed by atoms with Crippen molar-refractivity contribution in [1.29, 1.82) is 0 Å². The minimum absolute atomic E-state index is 0.121. The largest absolute Gasteiger partial charge is 0.493 e. The van der Waals surface area contributed by atoms with Gasteiger partial charge in [0.15, 0.2) is 17.2 Å². The van der Waals surface area contributed by atoms with Crippen molar-refractivity contribution in [3.8, 4) is 11.5 Å². The van der Waals surface area contributed by atoms with Gasteiger partial charge in [-0.1, -0.05) is 17.7 Å². The average molecular weight is 378 g/mol. The Morgan fingerprint density at radius 2 is 2.20 bits per heavy atom. The van der Waals surface area contributed by atoms with E-state index >= 15 is 0 Å². The van der Waals surface area contributed by atoms with Crippen LogP contribution in [0.3, 0.4) is 0 Å². The highest BCUT2D eigenvalue weighted by atomic mass is 35.5. The van der Waals surface area contributed by atoms with E-state index in [0.717, 1.165) is 4.88 Å². The van der Waals surface area contributed by atoms with Gasteiger partial charge in [-0.2, -0.15) is 0 Å². The molecule has 2 aromatic rings. The number of hydrogen-bond donors (Lipinski definition) is 0. The average Bonchev–Trinajstić information content (AvgIpc) is 3.20. The Balaban J connectivity index is 1.97. The van der Waals surface area contributed by atoms with E-state index in [-0.39, 0.29) is 28.1 Å². The number of hydrogen-bond acceptors (Lipinski definition) is 7. The van der Waals surface area contributed by atoms with Gasteiger partial charge in [0, 0.05) is 6.92 Å². The smallest absolute Gasteiger partial charge is 0.363 e. The number of carbonyl (C=O) groups excluding carboxylic acids is 2. The van der Waals surface area contributed by atoms with Crippen LogP contribution in [0.1, 0.15) is 17.4 Å². The number of thiophene rings is 1. The van der Waals surface area contributed by atoms with E-state index in [0.29, 0.717) is 5.56 Å². The molecule has 0 bridgehead atoms. The Morgan fingerprint density at radius 3 is 2.84 bits per heavy atom. The van der Waals surface area contributed by atoms with Gasteiger partial charge in [0.25, 0.3) is 0 Å². The summed E-state index contributed by atoms with van der Waals surface area (Å²) in [5, 5.41) is 2.04. The van der Waals surface area contributed by atoms with Crippen molar-refractivity contribution in [3.05, 3.63) is 50.8 Å². The van der Waals surface area contributed by atoms with Crippen LogP contribution >= 0.6 is 22.9 Å². The van der Waals surface area contributed by atoms with Gasteiger partial charge in [-0.3, -0.25) is 4.79 Å². The van der Waals surface area contributed by atoms with Gasteiger partial charge in [0.1, 0.15) is 0 Å². The molecule has 6 nitrogen and oxygen atoms in total. The highest BCUT2D eigenvalue weighted by molar-refractivity contribution is 7.12. The van der Waals surface area contributed by atoms with Crippen molar-refractivity contribution in [2.24, 2.45) is 4.99 Å². The fraction of sp³-hybridized carbons (Fsp3) is 0.118. The molecule has 1 aliphatic heterocycles. The summed E-state index contributed by atoms with van der Waals surface area (Å²) in [4.78, 5) is 28.1. The summed E-state index contributed by atoms with van der Waals surface area (Å²) in [5.41, 5.74) is 0.697. The van der Waals surface area contributed by atoms with Crippen LogP contribution < -0.4 is 9.47 Å². The van der Waals surface area contributed by atoms with Crippen molar-refractivity contribution < 1.29 is 23.8 Å². The van der Waals surface area contributed by atoms with Crippen molar-refractivity contribution >= 4 is 46.9 Å². The van der Waals surface area contributed by atoms with E-state index in [9.17, 15) is 9.59 Å². The number of nitrogens with zero attached hydrogens (tertiary/aromatic N) is 1. The van der Waals surface area contributed by atoms with Gasteiger partial charge in [0.05, 0.1) is 17.0 Å². The van der Waals surface area contributed by atoms with Crippen molar-refractivity contribution in [1.82, 2.24) is 0 Å². The monoisotopic (exact) mass is 377 g/mol. The summed E-state index contributed by atoms with van der Waals surface area (Å²) < 4.78 is 15.4. The second-order valence-electron chi connectivity index (χ2n) is 4.94. The molecule has 2 heterocycles. The zero-order chi connectivity index (χ0) is 18.0. The van der Waals surface area contributed by atoms with Crippen LogP contribution in [-0.2, 0) is 14.3 Å². The molecule has 3 rings (SSSR count). The summed E-state index contributed by atoms with van der Waals surface area (Å²) in [6.07, 6.45) is 1.52. The first-order valence-corrected chi connectivity index (χ1v) is 8.36. The number of halogens is 1. The lowest BCUT2D eigenvalue weighted by Crippen LogP contribution is -2.04. The van der Waals surface area contributed by atoms with Crippen molar-refractivity contribution in [2.45, 2.75) is 6.92 Å². The summed E-state index contributed by atoms with van der Waals surface area (Å²) in [6.45, 7) is 1.26. The number of esters is 2. The molecule has 0 spiro atoms. The zero-order valence-corrected chi connectivity index (χ0v) is 14.8. The summed E-state index contributed by atoms with van der Waals surface area (Å²) >= 11 is 7.57. The molecule has 1 aliphatic rings. The zero-order valence-electron chi connectivity index (χ0n) is 13.2. The second kappa shape index (κ2) is 7.08. The molecule has 25 heavy (non-hydrogen) atoms. The third-order valence-electron chi connectivity index (χ3n) is 3.15. The molecule has 0 fully saturated rings. The molecule has 0 atom stereocenters. The van der Waals surface area contributed by atoms with Gasteiger partial charge >= 0.3 is 11.9 Å². The van der Waals surface area contributed by atoms with Crippen LogP contribution in [0.15, 0.2) is 40.3 Å². The second-order valence-corrected chi connectivity index (χ2v) is 6.30. The van der Waals surface area contributed by atoms with Gasteiger partial charge in [0.2, 0.25) is 5.90 Å². The molecule has 128 valence electrons. The number of methoxy groups -OCH3 is 1. The Bertz CT molecular complexity index is 902. The molecule has 1 aromatic carbocycles. The highest BCUT2D eigenvalue weighted by Gasteiger charge is 2.25. The first-order valence-electron chi connectivity index (χ1n) is 7.10. The lowest BCUT2D eigenvalue weighted by Gasteiger charge is -2.10. The van der Waals surface area contributed by atoms with E-state index < -0.39 is 11.9 Å². The predicted molar refractivity (Wildman–Crippen MR) is 94.2 cm³/mol. The molecule has 0 aliphatic carbocycles. The van der Waals surface area contributed by atoms with Gasteiger partial charge in [-0.05, 0) is 35.2 Å². The minimum atomic E-state index is -0.553. The maximum absolute atomic E-state index is 12.0. The van der Waals surface area contributed by atoms with E-state index in [1.54, 1.807) is 12.1 Å². The number of carbonyl (C=O) groups is 2. The molecule has 0 radical (unpaired) electrons. The molecule has 0 N–H and O–H groups in total. The molecule has 0 saturated heterocycles. The number of rotatable bonds is 4.